The molecule has 1 aliphatic rings. The molecule has 1 aromatic carbocycles. The van der Waals surface area contributed by atoms with Gasteiger partial charge in [-0.25, -0.2) is 0 Å². The first kappa shape index (κ1) is 7.70. The lowest BCUT2D eigenvalue weighted by Crippen LogP contribution is -2.28. The predicted octanol–water partition coefficient (Wildman–Crippen LogP) is 1.26. The van der Waals surface area contributed by atoms with Gasteiger partial charge in [0.2, 0.25) is 12.2 Å². The third-order valence-electron chi connectivity index (χ3n) is 2.25. The number of rotatable bonds is 0. The summed E-state index contributed by atoms with van der Waals surface area (Å²) in [7, 11) is 0. The first-order chi connectivity index (χ1) is 6.84. The van der Waals surface area contributed by atoms with Gasteiger partial charge < -0.3 is 19.6 Å². The van der Waals surface area contributed by atoms with E-state index in [4.69, 9.17) is 9.47 Å². The zero-order chi connectivity index (χ0) is 9.54. The standard InChI is InChI=1S/C10H9NO3/c12-8-5-13-10-9(14-8)6-3-1-2-4-7(6)11-10/h1-4,8,11-12H,5H2. The molecule has 1 aliphatic heterocycles. The Balaban J connectivity index is 2.25. The first-order valence-corrected chi connectivity index (χ1v) is 4.43. The quantitative estimate of drug-likeness (QED) is 0.659. The molecule has 1 aromatic heterocycles. The maximum atomic E-state index is 9.27. The number of aliphatic hydroxyl groups excluding tert-OH is 1. The Morgan fingerprint density at radius 2 is 2.21 bits per heavy atom. The van der Waals surface area contributed by atoms with E-state index >= 15 is 0 Å². The van der Waals surface area contributed by atoms with Gasteiger partial charge in [0, 0.05) is 5.39 Å². The highest BCUT2D eigenvalue weighted by molar-refractivity contribution is 5.89. The van der Waals surface area contributed by atoms with E-state index in [9.17, 15) is 5.11 Å². The number of benzene rings is 1. The second-order valence-corrected chi connectivity index (χ2v) is 3.21. The van der Waals surface area contributed by atoms with E-state index in [1.54, 1.807) is 0 Å². The molecule has 1 atom stereocenters. The smallest absolute Gasteiger partial charge is 0.236 e. The average molecular weight is 191 g/mol. The topological polar surface area (TPSA) is 54.5 Å². The molecule has 2 N–H and O–H groups in total. The predicted molar refractivity (Wildman–Crippen MR) is 50.4 cm³/mol. The summed E-state index contributed by atoms with van der Waals surface area (Å²) in [6, 6.07) is 7.71. The molecular formula is C10H9NO3. The molecule has 14 heavy (non-hydrogen) atoms. The number of hydrogen-bond donors (Lipinski definition) is 2. The molecule has 3 rings (SSSR count). The van der Waals surface area contributed by atoms with Crippen LogP contribution in [-0.4, -0.2) is 23.0 Å². The van der Waals surface area contributed by atoms with Crippen molar-refractivity contribution in [3.8, 4) is 11.6 Å². The van der Waals surface area contributed by atoms with Crippen LogP contribution in [0.15, 0.2) is 24.3 Å². The maximum Gasteiger partial charge on any atom is 0.236 e. The van der Waals surface area contributed by atoms with E-state index in [0.29, 0.717) is 11.6 Å². The lowest BCUT2D eigenvalue weighted by atomic mass is 10.2. The number of ether oxygens (including phenoxy) is 2. The molecular weight excluding hydrogens is 182 g/mol. The molecule has 2 heterocycles. The van der Waals surface area contributed by atoms with Crippen molar-refractivity contribution in [2.75, 3.05) is 6.61 Å². The summed E-state index contributed by atoms with van der Waals surface area (Å²) in [5, 5.41) is 10.2. The highest BCUT2D eigenvalue weighted by atomic mass is 16.7. The Hall–Kier alpha value is -1.68. The minimum Gasteiger partial charge on any atom is -0.470 e. The van der Waals surface area contributed by atoms with Gasteiger partial charge in [0.15, 0.2) is 12.4 Å². The van der Waals surface area contributed by atoms with Gasteiger partial charge in [0.1, 0.15) is 0 Å². The first-order valence-electron chi connectivity index (χ1n) is 4.43. The van der Waals surface area contributed by atoms with Crippen LogP contribution < -0.4 is 9.47 Å². The molecule has 0 bridgehead atoms. The maximum absolute atomic E-state index is 9.27. The van der Waals surface area contributed by atoms with Crippen molar-refractivity contribution in [3.63, 3.8) is 0 Å². The molecule has 4 nitrogen and oxygen atoms in total. The zero-order valence-electron chi connectivity index (χ0n) is 7.36. The van der Waals surface area contributed by atoms with Crippen molar-refractivity contribution in [2.24, 2.45) is 0 Å². The molecule has 4 heteroatoms. The van der Waals surface area contributed by atoms with Crippen LogP contribution in [-0.2, 0) is 0 Å². The van der Waals surface area contributed by atoms with Gasteiger partial charge in [-0.1, -0.05) is 12.1 Å². The van der Waals surface area contributed by atoms with Gasteiger partial charge in [-0.15, -0.1) is 0 Å². The Morgan fingerprint density at radius 1 is 1.36 bits per heavy atom. The second-order valence-electron chi connectivity index (χ2n) is 3.21. The number of H-pyrrole nitrogens is 1. The molecule has 1 unspecified atom stereocenters. The number of aromatic amines is 1. The molecule has 0 amide bonds. The Kier molecular flexibility index (Phi) is 1.46. The molecule has 0 radical (unpaired) electrons. The van der Waals surface area contributed by atoms with Crippen molar-refractivity contribution < 1.29 is 14.6 Å². The number of hydrogen-bond acceptors (Lipinski definition) is 3. The average Bonchev–Trinajstić information content (AvgIpc) is 2.56. The van der Waals surface area contributed by atoms with Crippen LogP contribution in [0.4, 0.5) is 0 Å². The summed E-state index contributed by atoms with van der Waals surface area (Å²) in [5.41, 5.74) is 0.951. The summed E-state index contributed by atoms with van der Waals surface area (Å²) in [6.07, 6.45) is -0.873. The molecule has 2 aromatic rings. The molecule has 0 fully saturated rings. The number of aromatic nitrogens is 1. The highest BCUT2D eigenvalue weighted by Gasteiger charge is 2.22. The van der Waals surface area contributed by atoms with Crippen molar-refractivity contribution in [2.45, 2.75) is 6.29 Å². The van der Waals surface area contributed by atoms with Crippen molar-refractivity contribution >= 4 is 10.9 Å². The summed E-state index contributed by atoms with van der Waals surface area (Å²) < 4.78 is 10.6. The Morgan fingerprint density at radius 3 is 3.14 bits per heavy atom. The van der Waals surface area contributed by atoms with Crippen LogP contribution in [0.2, 0.25) is 0 Å². The minimum absolute atomic E-state index is 0.166. The number of aliphatic hydroxyl groups is 1. The van der Waals surface area contributed by atoms with Crippen LogP contribution in [0.1, 0.15) is 0 Å². The Bertz CT molecular complexity index is 477. The third kappa shape index (κ3) is 0.975. The van der Waals surface area contributed by atoms with Gasteiger partial charge >= 0.3 is 0 Å². The fraction of sp³-hybridized carbons (Fsp3) is 0.200. The largest absolute Gasteiger partial charge is 0.470 e. The van der Waals surface area contributed by atoms with Gasteiger partial charge in [-0.2, -0.15) is 0 Å². The zero-order valence-corrected chi connectivity index (χ0v) is 7.36. The van der Waals surface area contributed by atoms with Gasteiger partial charge in [0.05, 0.1) is 5.52 Å². The van der Waals surface area contributed by atoms with E-state index in [2.05, 4.69) is 4.98 Å². The van der Waals surface area contributed by atoms with Crippen LogP contribution in [0, 0.1) is 0 Å². The van der Waals surface area contributed by atoms with Crippen molar-refractivity contribution in [1.82, 2.24) is 4.98 Å². The van der Waals surface area contributed by atoms with Crippen LogP contribution >= 0.6 is 0 Å². The van der Waals surface area contributed by atoms with E-state index in [1.807, 2.05) is 24.3 Å². The summed E-state index contributed by atoms with van der Waals surface area (Å²) in [6.45, 7) is 0.166. The van der Waals surface area contributed by atoms with E-state index in [0.717, 1.165) is 10.9 Å². The molecule has 0 saturated carbocycles. The molecule has 0 saturated heterocycles. The number of para-hydroxylation sites is 1. The van der Waals surface area contributed by atoms with E-state index in [-0.39, 0.29) is 6.61 Å². The molecule has 0 aliphatic carbocycles. The Labute approximate surface area is 80.1 Å². The van der Waals surface area contributed by atoms with Crippen molar-refractivity contribution in [1.29, 1.82) is 0 Å². The molecule has 0 spiro atoms. The summed E-state index contributed by atoms with van der Waals surface area (Å²) >= 11 is 0. The van der Waals surface area contributed by atoms with Crippen molar-refractivity contribution in [3.05, 3.63) is 24.3 Å². The normalized spacial score (nSPS) is 19.9. The fourth-order valence-electron chi connectivity index (χ4n) is 1.63. The van der Waals surface area contributed by atoms with Gasteiger partial charge in [-0.05, 0) is 12.1 Å². The lowest BCUT2D eigenvalue weighted by Gasteiger charge is -2.19. The lowest BCUT2D eigenvalue weighted by molar-refractivity contribution is -0.0669. The monoisotopic (exact) mass is 191 g/mol. The summed E-state index contributed by atoms with van der Waals surface area (Å²) in [5.74, 6) is 1.19. The van der Waals surface area contributed by atoms with Crippen LogP contribution in [0.25, 0.3) is 10.9 Å². The summed E-state index contributed by atoms with van der Waals surface area (Å²) in [4.78, 5) is 3.08. The SMILES string of the molecule is OC1COc2[nH]c3ccccc3c2O1. The van der Waals surface area contributed by atoms with E-state index < -0.39 is 6.29 Å². The third-order valence-corrected chi connectivity index (χ3v) is 2.25. The van der Waals surface area contributed by atoms with Crippen LogP contribution in [0.3, 0.4) is 0 Å². The van der Waals surface area contributed by atoms with E-state index in [1.165, 1.54) is 0 Å². The fourth-order valence-corrected chi connectivity index (χ4v) is 1.63. The van der Waals surface area contributed by atoms with Crippen LogP contribution in [0.5, 0.6) is 11.6 Å². The number of fused-ring (bicyclic) bond motifs is 3. The molecule has 72 valence electrons. The second kappa shape index (κ2) is 2.65. The minimum atomic E-state index is -0.873. The van der Waals surface area contributed by atoms with Gasteiger partial charge in [-0.3, -0.25) is 0 Å². The van der Waals surface area contributed by atoms with Gasteiger partial charge in [0.25, 0.3) is 0 Å². The number of nitrogens with one attached hydrogen (secondary N) is 1. The highest BCUT2D eigenvalue weighted by Crippen LogP contribution is 2.38.